The van der Waals surface area contributed by atoms with E-state index in [0.717, 1.165) is 10.0 Å². The van der Waals surface area contributed by atoms with Crippen molar-refractivity contribution in [2.75, 3.05) is 0 Å². The Morgan fingerprint density at radius 3 is 2.93 bits per heavy atom. The lowest BCUT2D eigenvalue weighted by Crippen LogP contribution is -2.38. The third-order valence-corrected chi connectivity index (χ3v) is 3.04. The summed E-state index contributed by atoms with van der Waals surface area (Å²) < 4.78 is 0.955. The van der Waals surface area contributed by atoms with Crippen LogP contribution in [0.2, 0.25) is 5.02 Å². The minimum atomic E-state index is -0.367. The number of nitrogens with one attached hydrogen (secondary N) is 1. The molecule has 0 unspecified atom stereocenters. The molecule has 0 aliphatic carbocycles. The molecule has 0 fully saturated rings. The molecule has 0 radical (unpaired) electrons. The number of hydrogen-bond acceptors (Lipinski definition) is 2. The van der Waals surface area contributed by atoms with E-state index >= 15 is 0 Å². The summed E-state index contributed by atoms with van der Waals surface area (Å²) in [5.74, 6) is -0.367. The molecule has 0 spiro atoms. The number of carbonyl (C=O) groups is 1. The number of benzene rings is 1. The molecule has 1 amide bonds. The molecule has 0 aliphatic heterocycles. The summed E-state index contributed by atoms with van der Waals surface area (Å²) in [7, 11) is 0. The first-order valence-electron chi connectivity index (χ1n) is 4.47. The first-order valence-corrected chi connectivity index (χ1v) is 5.64. The zero-order valence-corrected chi connectivity index (χ0v) is 10.6. The number of hydrogen-bond donors (Lipinski definition) is 2. The largest absolute Gasteiger partial charge is 0.368 e. The minimum Gasteiger partial charge on any atom is -0.368 e. The van der Waals surface area contributed by atoms with E-state index in [4.69, 9.17) is 17.3 Å². The van der Waals surface area contributed by atoms with E-state index in [1.54, 1.807) is 13.0 Å². The molecule has 3 nitrogen and oxygen atoms in total. The third kappa shape index (κ3) is 3.81. The Balaban J connectivity index is 2.65. The predicted octanol–water partition coefficient (Wildman–Crippen LogP) is 2.07. The van der Waals surface area contributed by atoms with Gasteiger partial charge in [-0.15, -0.1) is 0 Å². The summed E-state index contributed by atoms with van der Waals surface area (Å²) in [6.07, 6.45) is 0. The molecule has 1 aromatic carbocycles. The van der Waals surface area contributed by atoms with Gasteiger partial charge in [0.05, 0.1) is 6.04 Å². The van der Waals surface area contributed by atoms with E-state index in [-0.39, 0.29) is 11.9 Å². The van der Waals surface area contributed by atoms with E-state index in [0.29, 0.717) is 11.6 Å². The van der Waals surface area contributed by atoms with Crippen molar-refractivity contribution >= 4 is 33.4 Å². The first-order chi connectivity index (χ1) is 7.00. The van der Waals surface area contributed by atoms with Gasteiger partial charge in [0.15, 0.2) is 0 Å². The van der Waals surface area contributed by atoms with Gasteiger partial charge in [0.25, 0.3) is 0 Å². The second-order valence-corrected chi connectivity index (χ2v) is 4.53. The standard InChI is InChI=1S/C10H12BrClN2O/c1-6(10(13)15)14-5-7-4-8(12)2-3-9(7)11/h2-4,6,14H,5H2,1H3,(H2,13,15)/t6-/m0/s1. The lowest BCUT2D eigenvalue weighted by molar-refractivity contribution is -0.119. The van der Waals surface area contributed by atoms with E-state index in [2.05, 4.69) is 21.2 Å². The minimum absolute atomic E-state index is 0.351. The van der Waals surface area contributed by atoms with Gasteiger partial charge in [0.1, 0.15) is 0 Å². The summed E-state index contributed by atoms with van der Waals surface area (Å²) in [6, 6.07) is 5.16. The van der Waals surface area contributed by atoms with Crippen molar-refractivity contribution in [2.24, 2.45) is 5.73 Å². The summed E-state index contributed by atoms with van der Waals surface area (Å²) >= 11 is 9.26. The van der Waals surface area contributed by atoms with Crippen molar-refractivity contribution in [3.63, 3.8) is 0 Å². The zero-order chi connectivity index (χ0) is 11.4. The second-order valence-electron chi connectivity index (χ2n) is 3.24. The van der Waals surface area contributed by atoms with Gasteiger partial charge in [-0.25, -0.2) is 0 Å². The lowest BCUT2D eigenvalue weighted by Gasteiger charge is -2.11. The van der Waals surface area contributed by atoms with Crippen LogP contribution in [0.25, 0.3) is 0 Å². The molecule has 1 rings (SSSR count). The molecule has 0 heterocycles. The Bertz CT molecular complexity index is 370. The molecule has 0 saturated carbocycles. The summed E-state index contributed by atoms with van der Waals surface area (Å²) in [5.41, 5.74) is 6.12. The Labute approximate surface area is 102 Å². The molecule has 0 bridgehead atoms. The SMILES string of the molecule is C[C@H](NCc1cc(Cl)ccc1Br)C(N)=O. The molecule has 5 heteroatoms. The van der Waals surface area contributed by atoms with Gasteiger partial charge in [-0.05, 0) is 30.7 Å². The van der Waals surface area contributed by atoms with Crippen LogP contribution in [-0.4, -0.2) is 11.9 Å². The fourth-order valence-corrected chi connectivity index (χ4v) is 1.62. The highest BCUT2D eigenvalue weighted by Gasteiger charge is 2.08. The highest BCUT2D eigenvalue weighted by molar-refractivity contribution is 9.10. The number of rotatable bonds is 4. The maximum atomic E-state index is 10.8. The molecule has 15 heavy (non-hydrogen) atoms. The predicted molar refractivity (Wildman–Crippen MR) is 64.6 cm³/mol. The number of primary amides is 1. The van der Waals surface area contributed by atoms with Gasteiger partial charge in [0, 0.05) is 16.0 Å². The fraction of sp³-hybridized carbons (Fsp3) is 0.300. The fourth-order valence-electron chi connectivity index (χ4n) is 1.04. The van der Waals surface area contributed by atoms with E-state index in [9.17, 15) is 4.79 Å². The van der Waals surface area contributed by atoms with E-state index < -0.39 is 0 Å². The van der Waals surface area contributed by atoms with Crippen molar-refractivity contribution in [3.05, 3.63) is 33.3 Å². The molecule has 1 aromatic rings. The van der Waals surface area contributed by atoms with Gasteiger partial charge in [-0.1, -0.05) is 27.5 Å². The number of halogens is 2. The van der Waals surface area contributed by atoms with Gasteiger partial charge in [-0.3, -0.25) is 4.79 Å². The van der Waals surface area contributed by atoms with Gasteiger partial charge < -0.3 is 11.1 Å². The lowest BCUT2D eigenvalue weighted by atomic mass is 10.2. The molecule has 0 saturated heterocycles. The van der Waals surface area contributed by atoms with Crippen LogP contribution in [0.15, 0.2) is 22.7 Å². The molecule has 82 valence electrons. The second kappa shape index (κ2) is 5.49. The molecule has 1 atom stereocenters. The van der Waals surface area contributed by atoms with Crippen LogP contribution >= 0.6 is 27.5 Å². The van der Waals surface area contributed by atoms with Gasteiger partial charge >= 0.3 is 0 Å². The third-order valence-electron chi connectivity index (χ3n) is 2.03. The van der Waals surface area contributed by atoms with E-state index in [1.807, 2.05) is 12.1 Å². The molecule has 0 aliphatic rings. The van der Waals surface area contributed by atoms with Gasteiger partial charge in [-0.2, -0.15) is 0 Å². The Morgan fingerprint density at radius 2 is 2.33 bits per heavy atom. The molecule has 0 aromatic heterocycles. The maximum Gasteiger partial charge on any atom is 0.234 e. The van der Waals surface area contributed by atoms with Crippen LogP contribution in [0.5, 0.6) is 0 Å². The first kappa shape index (κ1) is 12.5. The maximum absolute atomic E-state index is 10.8. The topological polar surface area (TPSA) is 55.1 Å². The number of amides is 1. The van der Waals surface area contributed by atoms with Crippen LogP contribution < -0.4 is 11.1 Å². The molecular weight excluding hydrogens is 279 g/mol. The summed E-state index contributed by atoms with van der Waals surface area (Å²) in [5, 5.41) is 3.67. The van der Waals surface area contributed by atoms with Crippen molar-refractivity contribution < 1.29 is 4.79 Å². The number of carbonyl (C=O) groups excluding carboxylic acids is 1. The van der Waals surface area contributed by atoms with Crippen LogP contribution in [0, 0.1) is 0 Å². The Kier molecular flexibility index (Phi) is 4.57. The van der Waals surface area contributed by atoms with Crippen LogP contribution in [-0.2, 0) is 11.3 Å². The van der Waals surface area contributed by atoms with E-state index in [1.165, 1.54) is 0 Å². The zero-order valence-electron chi connectivity index (χ0n) is 8.26. The van der Waals surface area contributed by atoms with Gasteiger partial charge in [0.2, 0.25) is 5.91 Å². The van der Waals surface area contributed by atoms with Crippen LogP contribution in [0.4, 0.5) is 0 Å². The average molecular weight is 292 g/mol. The average Bonchev–Trinajstić information content (AvgIpc) is 2.18. The van der Waals surface area contributed by atoms with Crippen LogP contribution in [0.3, 0.4) is 0 Å². The smallest absolute Gasteiger partial charge is 0.234 e. The van der Waals surface area contributed by atoms with Crippen molar-refractivity contribution in [1.29, 1.82) is 0 Å². The van der Waals surface area contributed by atoms with Crippen molar-refractivity contribution in [1.82, 2.24) is 5.32 Å². The highest BCUT2D eigenvalue weighted by atomic mass is 79.9. The Morgan fingerprint density at radius 1 is 1.67 bits per heavy atom. The molecular formula is C10H12BrClN2O. The van der Waals surface area contributed by atoms with Crippen LogP contribution in [0.1, 0.15) is 12.5 Å². The quantitative estimate of drug-likeness (QED) is 0.892. The normalized spacial score (nSPS) is 12.5. The van der Waals surface area contributed by atoms with Crippen molar-refractivity contribution in [3.8, 4) is 0 Å². The molecule has 3 N–H and O–H groups in total. The highest BCUT2D eigenvalue weighted by Crippen LogP contribution is 2.20. The summed E-state index contributed by atoms with van der Waals surface area (Å²) in [6.45, 7) is 2.27. The van der Waals surface area contributed by atoms with Crippen molar-refractivity contribution in [2.45, 2.75) is 19.5 Å². The monoisotopic (exact) mass is 290 g/mol. The Hall–Kier alpha value is -0.580. The number of nitrogens with two attached hydrogens (primary N) is 1. The summed E-state index contributed by atoms with van der Waals surface area (Å²) in [4.78, 5) is 10.8.